The minimum atomic E-state index is -0.861. The van der Waals surface area contributed by atoms with Crippen LogP contribution in [0.5, 0.6) is 0 Å². The van der Waals surface area contributed by atoms with Gasteiger partial charge in [0.2, 0.25) is 0 Å². The number of carbonyl (C=O) groups excluding carboxylic acids is 3. The Labute approximate surface area is 259 Å². The molecule has 2 saturated carbocycles. The van der Waals surface area contributed by atoms with Crippen LogP contribution < -0.4 is 0 Å². The van der Waals surface area contributed by atoms with E-state index < -0.39 is 65.0 Å². The molecule has 0 aromatic rings. The van der Waals surface area contributed by atoms with Gasteiger partial charge in [-0.05, 0) is 44.8 Å². The van der Waals surface area contributed by atoms with Gasteiger partial charge in [-0.1, -0.05) is 32.4 Å². The molecule has 10 heteroatoms. The van der Waals surface area contributed by atoms with E-state index in [1.54, 1.807) is 27.0 Å². The summed E-state index contributed by atoms with van der Waals surface area (Å²) in [6, 6.07) is 0. The molecule has 3 aliphatic heterocycles. The quantitative estimate of drug-likeness (QED) is 0.211. The summed E-state index contributed by atoms with van der Waals surface area (Å²) in [4.78, 5) is 38.6. The lowest BCUT2D eigenvalue weighted by molar-refractivity contribution is -0.259. The minimum absolute atomic E-state index is 0.225. The maximum absolute atomic E-state index is 13.6. The molecule has 242 valence electrons. The molecule has 0 radical (unpaired) electrons. The standard InChI is InChI=1S/C34H46O10/c1-9-16(2)30(37)44-29-27-28-32(5,15-41-27)24(42-18(4)35)14-23(36)33(28,6)22-13-25(39-8)43-21-12-20(19-10-11-40-31(19)38)17(3)26(21)34(22,29)7/h9-10,20-25,27-29,36H,11-15H2,1-8H3/b16-9+/t20-,21-,22+,23-,24+,25+,27+,28-,29+,32+,33-,34+/m0/s1. The van der Waals surface area contributed by atoms with Gasteiger partial charge >= 0.3 is 17.9 Å². The Bertz CT molecular complexity index is 1350. The Balaban J connectivity index is 1.58. The SMILES string of the molecule is C/C=C(\C)C(=O)O[C@@H]1[C@@H]2OC[C@]3(C)[C@H](OC(C)=O)C[C@H](O)[C@@](C)([C@@H]23)[C@H]2C[C@H](OC)O[C@H]3C[C@H](C4=CCOC4=O)C(C)=C3[C@]12C. The summed E-state index contributed by atoms with van der Waals surface area (Å²) in [5.74, 6) is -2.01. The monoisotopic (exact) mass is 614 g/mol. The third kappa shape index (κ3) is 4.23. The first-order chi connectivity index (χ1) is 20.7. The van der Waals surface area contributed by atoms with Crippen LogP contribution in [0.3, 0.4) is 0 Å². The van der Waals surface area contributed by atoms with Crippen molar-refractivity contribution in [1.29, 1.82) is 0 Å². The summed E-state index contributed by atoms with van der Waals surface area (Å²) in [5, 5.41) is 12.2. The highest BCUT2D eigenvalue weighted by molar-refractivity contribution is 5.92. The van der Waals surface area contributed by atoms with Gasteiger partial charge in [-0.3, -0.25) is 4.79 Å². The number of fused-ring (bicyclic) bond motifs is 4. The molecule has 0 spiro atoms. The maximum Gasteiger partial charge on any atom is 0.334 e. The van der Waals surface area contributed by atoms with Crippen LogP contribution in [0.1, 0.15) is 67.7 Å². The number of rotatable bonds is 5. The van der Waals surface area contributed by atoms with Gasteiger partial charge in [0, 0.05) is 66.1 Å². The number of hydrogen-bond acceptors (Lipinski definition) is 10. The second kappa shape index (κ2) is 10.8. The zero-order chi connectivity index (χ0) is 31.9. The van der Waals surface area contributed by atoms with Crippen molar-refractivity contribution < 1.29 is 47.9 Å². The van der Waals surface area contributed by atoms with Gasteiger partial charge in [0.25, 0.3) is 0 Å². The van der Waals surface area contributed by atoms with E-state index in [0.29, 0.717) is 24.0 Å². The van der Waals surface area contributed by atoms with Crippen molar-refractivity contribution in [2.24, 2.45) is 34.0 Å². The molecule has 0 aromatic heterocycles. The molecule has 6 aliphatic rings. The molecule has 0 aromatic carbocycles. The van der Waals surface area contributed by atoms with E-state index in [9.17, 15) is 19.5 Å². The molecule has 0 bridgehead atoms. The number of aliphatic hydroxyl groups is 1. The van der Waals surface area contributed by atoms with E-state index in [4.69, 9.17) is 28.4 Å². The number of cyclic esters (lactones) is 1. The fourth-order valence-electron chi connectivity index (χ4n) is 10.2. The Morgan fingerprint density at radius 1 is 1.11 bits per heavy atom. The van der Waals surface area contributed by atoms with Crippen molar-refractivity contribution >= 4 is 17.9 Å². The van der Waals surface area contributed by atoms with Crippen LogP contribution in [0.15, 0.2) is 34.4 Å². The van der Waals surface area contributed by atoms with E-state index in [1.165, 1.54) is 6.92 Å². The molecule has 1 N–H and O–H groups in total. The summed E-state index contributed by atoms with van der Waals surface area (Å²) in [5.41, 5.74) is 0.789. The summed E-state index contributed by atoms with van der Waals surface area (Å²) in [6.07, 6.45) is 0.999. The number of methoxy groups -OCH3 is 1. The number of allylic oxidation sites excluding steroid dienone is 2. The first kappa shape index (κ1) is 31.5. The van der Waals surface area contributed by atoms with Crippen LogP contribution in [0.2, 0.25) is 0 Å². The molecular formula is C34H46O10. The molecule has 44 heavy (non-hydrogen) atoms. The van der Waals surface area contributed by atoms with Crippen molar-refractivity contribution in [3.8, 4) is 0 Å². The van der Waals surface area contributed by atoms with E-state index in [-0.39, 0.29) is 43.4 Å². The van der Waals surface area contributed by atoms with Crippen molar-refractivity contribution in [3.05, 3.63) is 34.4 Å². The number of ether oxygens (including phenoxy) is 6. The van der Waals surface area contributed by atoms with Crippen LogP contribution in [0.4, 0.5) is 0 Å². The predicted octanol–water partition coefficient (Wildman–Crippen LogP) is 3.81. The predicted molar refractivity (Wildman–Crippen MR) is 157 cm³/mol. The lowest BCUT2D eigenvalue weighted by Gasteiger charge is -2.66. The maximum atomic E-state index is 13.6. The molecule has 0 unspecified atom stereocenters. The number of hydrogen-bond donors (Lipinski definition) is 1. The highest BCUT2D eigenvalue weighted by Gasteiger charge is 2.77. The molecule has 4 fully saturated rings. The van der Waals surface area contributed by atoms with E-state index >= 15 is 0 Å². The van der Waals surface area contributed by atoms with E-state index in [2.05, 4.69) is 20.8 Å². The normalized spacial score (nSPS) is 46.4. The third-order valence-electron chi connectivity index (χ3n) is 12.3. The molecule has 10 nitrogen and oxygen atoms in total. The molecule has 0 amide bonds. The molecule has 2 saturated heterocycles. The van der Waals surface area contributed by atoms with Gasteiger partial charge in [0.1, 0.15) is 18.8 Å². The van der Waals surface area contributed by atoms with E-state index in [0.717, 1.165) is 11.1 Å². The van der Waals surface area contributed by atoms with Crippen LogP contribution in [-0.2, 0) is 42.8 Å². The fourth-order valence-corrected chi connectivity index (χ4v) is 10.2. The molecule has 6 rings (SSSR count). The topological polar surface area (TPSA) is 127 Å². The first-order valence-electron chi connectivity index (χ1n) is 15.8. The summed E-state index contributed by atoms with van der Waals surface area (Å²) >= 11 is 0. The number of esters is 3. The van der Waals surface area contributed by atoms with Gasteiger partial charge < -0.3 is 33.5 Å². The van der Waals surface area contributed by atoms with Crippen molar-refractivity contribution in [2.75, 3.05) is 20.3 Å². The van der Waals surface area contributed by atoms with Gasteiger partial charge in [-0.25, -0.2) is 9.59 Å². The summed E-state index contributed by atoms with van der Waals surface area (Å²) < 4.78 is 37.0. The van der Waals surface area contributed by atoms with Gasteiger partial charge in [-0.2, -0.15) is 0 Å². The lowest BCUT2D eigenvalue weighted by atomic mass is 9.39. The zero-order valence-electron chi connectivity index (χ0n) is 27.0. The van der Waals surface area contributed by atoms with Crippen LogP contribution in [0.25, 0.3) is 0 Å². The van der Waals surface area contributed by atoms with Crippen LogP contribution in [-0.4, -0.2) is 80.1 Å². The second-order valence-electron chi connectivity index (χ2n) is 14.3. The summed E-state index contributed by atoms with van der Waals surface area (Å²) in [7, 11) is 1.62. The molecule has 3 heterocycles. The van der Waals surface area contributed by atoms with Crippen molar-refractivity contribution in [2.45, 2.75) is 105 Å². The average Bonchev–Trinajstić information content (AvgIpc) is 3.63. The highest BCUT2D eigenvalue weighted by atomic mass is 16.7. The molecule has 3 aliphatic carbocycles. The highest BCUT2D eigenvalue weighted by Crippen LogP contribution is 2.72. The Kier molecular flexibility index (Phi) is 7.71. The third-order valence-corrected chi connectivity index (χ3v) is 12.3. The average molecular weight is 615 g/mol. The van der Waals surface area contributed by atoms with E-state index in [1.807, 2.05) is 13.0 Å². The molecular weight excluding hydrogens is 568 g/mol. The number of aliphatic hydroxyl groups excluding tert-OH is 1. The zero-order valence-corrected chi connectivity index (χ0v) is 27.0. The minimum Gasteiger partial charge on any atom is -0.462 e. The van der Waals surface area contributed by atoms with Crippen LogP contribution in [0, 0.1) is 34.0 Å². The van der Waals surface area contributed by atoms with Gasteiger partial charge in [0.05, 0.1) is 24.9 Å². The second-order valence-corrected chi connectivity index (χ2v) is 14.3. The van der Waals surface area contributed by atoms with Crippen molar-refractivity contribution in [3.63, 3.8) is 0 Å². The lowest BCUT2D eigenvalue weighted by Crippen LogP contribution is -2.72. The Morgan fingerprint density at radius 2 is 1.84 bits per heavy atom. The van der Waals surface area contributed by atoms with Crippen LogP contribution >= 0.6 is 0 Å². The molecule has 12 atom stereocenters. The fraction of sp³-hybridized carbons (Fsp3) is 0.735. The Morgan fingerprint density at radius 3 is 2.45 bits per heavy atom. The smallest absolute Gasteiger partial charge is 0.334 e. The largest absolute Gasteiger partial charge is 0.462 e. The van der Waals surface area contributed by atoms with Gasteiger partial charge in [0.15, 0.2) is 6.29 Å². The van der Waals surface area contributed by atoms with Crippen molar-refractivity contribution in [1.82, 2.24) is 0 Å². The number of carbonyl (C=O) groups is 3. The summed E-state index contributed by atoms with van der Waals surface area (Å²) in [6.45, 7) is 13.7. The van der Waals surface area contributed by atoms with Gasteiger partial charge in [-0.15, -0.1) is 0 Å². The Hall–Kier alpha value is -2.53. The first-order valence-corrected chi connectivity index (χ1v) is 15.8.